The zero-order valence-corrected chi connectivity index (χ0v) is 14.1. The lowest BCUT2D eigenvalue weighted by atomic mass is 10.1. The molecule has 0 saturated carbocycles. The highest BCUT2D eigenvalue weighted by Gasteiger charge is 2.22. The Hall–Kier alpha value is -2.12. The van der Waals surface area contributed by atoms with Gasteiger partial charge in [-0.05, 0) is 36.8 Å². The van der Waals surface area contributed by atoms with E-state index in [0.717, 1.165) is 17.7 Å². The van der Waals surface area contributed by atoms with E-state index in [1.165, 1.54) is 12.1 Å². The van der Waals surface area contributed by atoms with Crippen LogP contribution in [-0.2, 0) is 16.4 Å². The first kappa shape index (κ1) is 17.2. The minimum absolute atomic E-state index is 0.0426. The normalized spacial score (nSPS) is 12.9. The van der Waals surface area contributed by atoms with Crippen LogP contribution >= 0.6 is 0 Å². The number of nitrogens with zero attached hydrogens (tertiary/aromatic N) is 1. The Morgan fingerprint density at radius 2 is 1.83 bits per heavy atom. The number of amides is 1. The monoisotopic (exact) mass is 336 g/mol. The van der Waals surface area contributed by atoms with Gasteiger partial charge in [0.05, 0.1) is 10.9 Å². The standard InChI is InChI=1S/C16H20N2O4S/c1-4-13-7-10-15(22-13)16(19)18(3)11(2)12-5-8-14(9-6-12)23(17,20)21/h5-11H,4H2,1-3H3,(H2,17,20,21)/t11-/m0/s1. The molecule has 1 atom stereocenters. The maximum absolute atomic E-state index is 12.4. The van der Waals surface area contributed by atoms with Gasteiger partial charge in [0, 0.05) is 13.5 Å². The number of furan rings is 1. The molecule has 23 heavy (non-hydrogen) atoms. The van der Waals surface area contributed by atoms with Crippen molar-refractivity contribution in [2.75, 3.05) is 7.05 Å². The Labute approximate surface area is 135 Å². The molecule has 2 N–H and O–H groups in total. The number of sulfonamides is 1. The Morgan fingerprint density at radius 1 is 1.22 bits per heavy atom. The van der Waals surface area contributed by atoms with Gasteiger partial charge in [-0.1, -0.05) is 19.1 Å². The van der Waals surface area contributed by atoms with Gasteiger partial charge in [-0.15, -0.1) is 0 Å². The molecule has 1 aromatic heterocycles. The molecule has 0 aliphatic rings. The second-order valence-electron chi connectivity index (χ2n) is 5.33. The number of benzene rings is 1. The third-order valence-corrected chi connectivity index (χ3v) is 4.74. The van der Waals surface area contributed by atoms with E-state index in [4.69, 9.17) is 9.56 Å². The maximum atomic E-state index is 12.4. The van der Waals surface area contributed by atoms with Crippen LogP contribution in [0.3, 0.4) is 0 Å². The van der Waals surface area contributed by atoms with Gasteiger partial charge in [0.2, 0.25) is 10.0 Å². The second-order valence-corrected chi connectivity index (χ2v) is 6.89. The molecule has 6 nitrogen and oxygen atoms in total. The molecule has 0 fully saturated rings. The third kappa shape index (κ3) is 3.80. The fourth-order valence-corrected chi connectivity index (χ4v) is 2.71. The molecule has 0 aliphatic heterocycles. The van der Waals surface area contributed by atoms with Gasteiger partial charge < -0.3 is 9.32 Å². The summed E-state index contributed by atoms with van der Waals surface area (Å²) in [6, 6.07) is 9.36. The summed E-state index contributed by atoms with van der Waals surface area (Å²) in [6.07, 6.45) is 0.724. The van der Waals surface area contributed by atoms with Gasteiger partial charge >= 0.3 is 0 Å². The zero-order valence-electron chi connectivity index (χ0n) is 13.3. The number of aryl methyl sites for hydroxylation is 1. The predicted molar refractivity (Wildman–Crippen MR) is 86.4 cm³/mol. The summed E-state index contributed by atoms with van der Waals surface area (Å²) in [5.74, 6) is 0.817. The van der Waals surface area contributed by atoms with E-state index in [1.54, 1.807) is 36.2 Å². The van der Waals surface area contributed by atoms with E-state index in [-0.39, 0.29) is 22.6 Å². The van der Waals surface area contributed by atoms with Crippen LogP contribution < -0.4 is 5.14 Å². The molecule has 7 heteroatoms. The highest BCUT2D eigenvalue weighted by molar-refractivity contribution is 7.89. The molecule has 1 aromatic carbocycles. The number of carbonyl (C=O) groups excluding carboxylic acids is 1. The van der Waals surface area contributed by atoms with E-state index in [2.05, 4.69) is 0 Å². The van der Waals surface area contributed by atoms with Crippen molar-refractivity contribution in [2.45, 2.75) is 31.2 Å². The third-order valence-electron chi connectivity index (χ3n) is 3.81. The first-order valence-electron chi connectivity index (χ1n) is 7.22. The van der Waals surface area contributed by atoms with Crippen LogP contribution in [0.15, 0.2) is 45.7 Å². The van der Waals surface area contributed by atoms with Gasteiger partial charge in [-0.2, -0.15) is 0 Å². The smallest absolute Gasteiger partial charge is 0.289 e. The fraction of sp³-hybridized carbons (Fsp3) is 0.312. The van der Waals surface area contributed by atoms with Crippen molar-refractivity contribution >= 4 is 15.9 Å². The molecular formula is C16H20N2O4S. The van der Waals surface area contributed by atoms with Crippen LogP contribution in [0.1, 0.15) is 41.8 Å². The summed E-state index contributed by atoms with van der Waals surface area (Å²) in [5.41, 5.74) is 0.801. The lowest BCUT2D eigenvalue weighted by Gasteiger charge is -2.24. The Bertz CT molecular complexity index is 794. The molecule has 1 amide bonds. The molecule has 0 saturated heterocycles. The topological polar surface area (TPSA) is 93.6 Å². The molecule has 0 spiro atoms. The minimum atomic E-state index is -3.72. The van der Waals surface area contributed by atoms with Gasteiger partial charge in [-0.25, -0.2) is 13.6 Å². The zero-order chi connectivity index (χ0) is 17.2. The highest BCUT2D eigenvalue weighted by atomic mass is 32.2. The minimum Gasteiger partial charge on any atom is -0.456 e. The van der Waals surface area contributed by atoms with Crippen LogP contribution in [0.5, 0.6) is 0 Å². The van der Waals surface area contributed by atoms with E-state index >= 15 is 0 Å². The van der Waals surface area contributed by atoms with Crippen molar-refractivity contribution in [1.29, 1.82) is 0 Å². The number of carbonyl (C=O) groups is 1. The molecule has 0 aliphatic carbocycles. The molecule has 2 rings (SSSR count). The molecule has 0 radical (unpaired) electrons. The summed E-state index contributed by atoms with van der Waals surface area (Å²) in [6.45, 7) is 3.81. The van der Waals surface area contributed by atoms with Gasteiger partial charge in [0.25, 0.3) is 5.91 Å². The largest absolute Gasteiger partial charge is 0.456 e. The molecule has 1 heterocycles. The molecule has 0 unspecified atom stereocenters. The first-order valence-corrected chi connectivity index (χ1v) is 8.77. The second kappa shape index (κ2) is 6.55. The van der Waals surface area contributed by atoms with Crippen LogP contribution in [0, 0.1) is 0 Å². The fourth-order valence-electron chi connectivity index (χ4n) is 2.19. The van der Waals surface area contributed by atoms with Crippen molar-refractivity contribution in [3.63, 3.8) is 0 Å². The summed E-state index contributed by atoms with van der Waals surface area (Å²) in [4.78, 5) is 14.0. The number of nitrogens with two attached hydrogens (primary N) is 1. The number of hydrogen-bond acceptors (Lipinski definition) is 4. The van der Waals surface area contributed by atoms with E-state index in [0.29, 0.717) is 0 Å². The Balaban J connectivity index is 2.18. The summed E-state index contributed by atoms with van der Waals surface area (Å²) in [5, 5.41) is 5.08. The molecule has 124 valence electrons. The predicted octanol–water partition coefficient (Wildman–Crippen LogP) is 2.32. The van der Waals surface area contributed by atoms with E-state index in [9.17, 15) is 13.2 Å². The number of hydrogen-bond donors (Lipinski definition) is 1. The van der Waals surface area contributed by atoms with Crippen LogP contribution in [0.25, 0.3) is 0 Å². The number of primary sulfonamides is 1. The SMILES string of the molecule is CCc1ccc(C(=O)N(C)[C@@H](C)c2ccc(S(N)(=O)=O)cc2)o1. The Kier molecular flexibility index (Phi) is 4.91. The first-order chi connectivity index (χ1) is 10.7. The van der Waals surface area contributed by atoms with Gasteiger partial charge in [0.15, 0.2) is 5.76 Å². The molecular weight excluding hydrogens is 316 g/mol. The van der Waals surface area contributed by atoms with Crippen molar-refractivity contribution in [1.82, 2.24) is 4.90 Å². The van der Waals surface area contributed by atoms with Crippen LogP contribution in [0.4, 0.5) is 0 Å². The quantitative estimate of drug-likeness (QED) is 0.906. The van der Waals surface area contributed by atoms with Crippen LogP contribution in [-0.4, -0.2) is 26.3 Å². The van der Waals surface area contributed by atoms with Crippen molar-refractivity contribution in [2.24, 2.45) is 5.14 Å². The lowest BCUT2D eigenvalue weighted by Crippen LogP contribution is -2.29. The summed E-state index contributed by atoms with van der Waals surface area (Å²) in [7, 11) is -2.05. The average Bonchev–Trinajstić information content (AvgIpc) is 3.01. The van der Waals surface area contributed by atoms with Gasteiger partial charge in [-0.3, -0.25) is 4.79 Å². The van der Waals surface area contributed by atoms with Crippen LogP contribution in [0.2, 0.25) is 0 Å². The van der Waals surface area contributed by atoms with Crippen molar-refractivity contribution in [3.05, 3.63) is 53.5 Å². The molecule has 2 aromatic rings. The van der Waals surface area contributed by atoms with E-state index < -0.39 is 10.0 Å². The summed E-state index contributed by atoms with van der Waals surface area (Å²) < 4.78 is 28.0. The van der Waals surface area contributed by atoms with E-state index in [1.807, 2.05) is 13.8 Å². The summed E-state index contributed by atoms with van der Waals surface area (Å²) >= 11 is 0. The van der Waals surface area contributed by atoms with Gasteiger partial charge in [0.1, 0.15) is 5.76 Å². The highest BCUT2D eigenvalue weighted by Crippen LogP contribution is 2.22. The Morgan fingerprint density at radius 3 is 2.30 bits per heavy atom. The maximum Gasteiger partial charge on any atom is 0.289 e. The lowest BCUT2D eigenvalue weighted by molar-refractivity contribution is 0.0708. The number of rotatable bonds is 5. The molecule has 0 bridgehead atoms. The van der Waals surface area contributed by atoms with Crippen molar-refractivity contribution < 1.29 is 17.6 Å². The average molecular weight is 336 g/mol. The van der Waals surface area contributed by atoms with Crippen molar-refractivity contribution in [3.8, 4) is 0 Å².